The Morgan fingerprint density at radius 1 is 1.45 bits per heavy atom. The molecule has 2 aromatic rings. The van der Waals surface area contributed by atoms with Gasteiger partial charge in [0, 0.05) is 12.8 Å². The molecule has 2 heterocycles. The van der Waals surface area contributed by atoms with Crippen LogP contribution in [0.25, 0.3) is 0 Å². The average molecular weight is 320 g/mol. The number of hydrogen-bond acceptors (Lipinski definition) is 5. The number of carbonyl (C=O) groups excluding carboxylic acids is 2. The molecule has 1 aromatic heterocycles. The highest BCUT2D eigenvalue weighted by molar-refractivity contribution is 7.15. The molecule has 0 spiro atoms. The first-order chi connectivity index (χ1) is 10.6. The van der Waals surface area contributed by atoms with Crippen LogP contribution in [0.2, 0.25) is 0 Å². The van der Waals surface area contributed by atoms with Gasteiger partial charge in [0.1, 0.15) is 16.9 Å². The van der Waals surface area contributed by atoms with Gasteiger partial charge in [-0.15, -0.1) is 10.2 Å². The third kappa shape index (κ3) is 3.45. The smallest absolute Gasteiger partial charge is 0.248 e. The van der Waals surface area contributed by atoms with Crippen molar-refractivity contribution in [3.63, 3.8) is 0 Å². The van der Waals surface area contributed by atoms with Gasteiger partial charge in [0.05, 0.1) is 0 Å². The zero-order valence-electron chi connectivity index (χ0n) is 11.5. The molecule has 1 saturated heterocycles. The van der Waals surface area contributed by atoms with Crippen LogP contribution in [0.1, 0.15) is 23.4 Å². The Morgan fingerprint density at radius 3 is 3.05 bits per heavy atom. The molecule has 1 atom stereocenters. The zero-order chi connectivity index (χ0) is 15.5. The van der Waals surface area contributed by atoms with Gasteiger partial charge in [-0.3, -0.25) is 14.9 Å². The molecule has 0 radical (unpaired) electrons. The molecular weight excluding hydrogens is 307 g/mol. The van der Waals surface area contributed by atoms with Crippen LogP contribution in [0, 0.1) is 5.82 Å². The Hall–Kier alpha value is -2.35. The Labute approximate surface area is 129 Å². The number of benzene rings is 1. The molecule has 1 unspecified atom stereocenters. The van der Waals surface area contributed by atoms with E-state index < -0.39 is 6.04 Å². The summed E-state index contributed by atoms with van der Waals surface area (Å²) in [5.41, 5.74) is 0.789. The van der Waals surface area contributed by atoms with Crippen molar-refractivity contribution in [2.45, 2.75) is 25.3 Å². The van der Waals surface area contributed by atoms with E-state index in [4.69, 9.17) is 0 Å². The van der Waals surface area contributed by atoms with Crippen molar-refractivity contribution in [2.75, 3.05) is 5.32 Å². The molecule has 1 aliphatic heterocycles. The van der Waals surface area contributed by atoms with E-state index >= 15 is 0 Å². The van der Waals surface area contributed by atoms with E-state index in [0.29, 0.717) is 29.4 Å². The largest absolute Gasteiger partial charge is 0.344 e. The molecule has 0 saturated carbocycles. The maximum atomic E-state index is 13.1. The summed E-state index contributed by atoms with van der Waals surface area (Å²) < 4.78 is 13.1. The standard InChI is InChI=1S/C14H13FN4O2S/c15-9-3-1-2-8(6-9)7-12-18-19-14(22-12)17-13(21)10-4-5-11(20)16-10/h1-3,6,10H,4-5,7H2,(H,16,20)(H,17,19,21). The Morgan fingerprint density at radius 2 is 2.32 bits per heavy atom. The van der Waals surface area contributed by atoms with E-state index in [9.17, 15) is 14.0 Å². The Kier molecular flexibility index (Phi) is 4.10. The molecule has 3 rings (SSSR count). The molecule has 6 nitrogen and oxygen atoms in total. The number of nitrogens with one attached hydrogen (secondary N) is 2. The van der Waals surface area contributed by atoms with Crippen LogP contribution in [-0.2, 0) is 16.0 Å². The molecule has 1 aliphatic rings. The topological polar surface area (TPSA) is 84.0 Å². The monoisotopic (exact) mass is 320 g/mol. The lowest BCUT2D eigenvalue weighted by atomic mass is 10.1. The van der Waals surface area contributed by atoms with E-state index in [1.165, 1.54) is 23.5 Å². The molecule has 2 amide bonds. The maximum Gasteiger partial charge on any atom is 0.248 e. The van der Waals surface area contributed by atoms with E-state index in [1.54, 1.807) is 12.1 Å². The summed E-state index contributed by atoms with van der Waals surface area (Å²) in [6.07, 6.45) is 1.30. The highest BCUT2D eigenvalue weighted by Gasteiger charge is 2.27. The van der Waals surface area contributed by atoms with E-state index in [-0.39, 0.29) is 17.6 Å². The third-order valence-electron chi connectivity index (χ3n) is 3.25. The van der Waals surface area contributed by atoms with Crippen molar-refractivity contribution >= 4 is 28.3 Å². The maximum absolute atomic E-state index is 13.1. The van der Waals surface area contributed by atoms with Crippen molar-refractivity contribution in [3.8, 4) is 0 Å². The van der Waals surface area contributed by atoms with Crippen LogP contribution < -0.4 is 10.6 Å². The zero-order valence-corrected chi connectivity index (χ0v) is 12.3. The minimum atomic E-state index is -0.511. The predicted octanol–water partition coefficient (Wildman–Crippen LogP) is 1.49. The van der Waals surface area contributed by atoms with Gasteiger partial charge in [-0.1, -0.05) is 23.5 Å². The molecule has 114 valence electrons. The van der Waals surface area contributed by atoms with Crippen molar-refractivity contribution in [2.24, 2.45) is 0 Å². The normalized spacial score (nSPS) is 17.3. The number of rotatable bonds is 4. The number of amides is 2. The molecule has 0 bridgehead atoms. The number of carbonyl (C=O) groups is 2. The summed E-state index contributed by atoms with van der Waals surface area (Å²) in [4.78, 5) is 23.0. The summed E-state index contributed by atoms with van der Waals surface area (Å²) in [5.74, 6) is -0.712. The van der Waals surface area contributed by atoms with Gasteiger partial charge in [-0.2, -0.15) is 0 Å². The summed E-state index contributed by atoms with van der Waals surface area (Å²) >= 11 is 1.23. The minimum absolute atomic E-state index is 0.121. The van der Waals surface area contributed by atoms with E-state index in [0.717, 1.165) is 5.56 Å². The van der Waals surface area contributed by atoms with Gasteiger partial charge in [0.15, 0.2) is 0 Å². The van der Waals surface area contributed by atoms with E-state index in [1.807, 2.05) is 0 Å². The third-order valence-corrected chi connectivity index (χ3v) is 4.09. The number of anilines is 1. The van der Waals surface area contributed by atoms with E-state index in [2.05, 4.69) is 20.8 Å². The lowest BCUT2D eigenvalue weighted by molar-refractivity contribution is -0.122. The fourth-order valence-corrected chi connectivity index (χ4v) is 2.98. The van der Waals surface area contributed by atoms with Crippen LogP contribution in [0.5, 0.6) is 0 Å². The second-order valence-corrected chi connectivity index (χ2v) is 6.02. The lowest BCUT2D eigenvalue weighted by Crippen LogP contribution is -2.37. The quantitative estimate of drug-likeness (QED) is 0.894. The van der Waals surface area contributed by atoms with Crippen molar-refractivity contribution in [1.82, 2.24) is 15.5 Å². The molecule has 2 N–H and O–H groups in total. The number of nitrogens with zero attached hydrogens (tertiary/aromatic N) is 2. The Balaban J connectivity index is 1.61. The average Bonchev–Trinajstić information content (AvgIpc) is 3.08. The predicted molar refractivity (Wildman–Crippen MR) is 78.9 cm³/mol. The summed E-state index contributed by atoms with van der Waals surface area (Å²) in [6.45, 7) is 0. The first kappa shape index (κ1) is 14.6. The number of aromatic nitrogens is 2. The van der Waals surface area contributed by atoms with Gasteiger partial charge in [0.25, 0.3) is 0 Å². The lowest BCUT2D eigenvalue weighted by Gasteiger charge is -2.07. The Bertz CT molecular complexity index is 718. The fourth-order valence-electron chi connectivity index (χ4n) is 2.20. The van der Waals surface area contributed by atoms with Crippen LogP contribution in [0.15, 0.2) is 24.3 Å². The van der Waals surface area contributed by atoms with Crippen molar-refractivity contribution in [3.05, 3.63) is 40.7 Å². The molecule has 1 fully saturated rings. The first-order valence-corrected chi connectivity index (χ1v) is 7.59. The van der Waals surface area contributed by atoms with Crippen LogP contribution in [0.4, 0.5) is 9.52 Å². The van der Waals surface area contributed by atoms with Crippen LogP contribution in [-0.4, -0.2) is 28.1 Å². The minimum Gasteiger partial charge on any atom is -0.344 e. The molecule has 8 heteroatoms. The second-order valence-electron chi connectivity index (χ2n) is 4.96. The number of halogens is 1. The van der Waals surface area contributed by atoms with Gasteiger partial charge in [0.2, 0.25) is 16.9 Å². The fraction of sp³-hybridized carbons (Fsp3) is 0.286. The second kappa shape index (κ2) is 6.18. The molecule has 22 heavy (non-hydrogen) atoms. The molecule has 1 aromatic carbocycles. The van der Waals surface area contributed by atoms with Crippen LogP contribution >= 0.6 is 11.3 Å². The van der Waals surface area contributed by atoms with Gasteiger partial charge >= 0.3 is 0 Å². The first-order valence-electron chi connectivity index (χ1n) is 6.77. The van der Waals surface area contributed by atoms with Gasteiger partial charge in [-0.05, 0) is 24.1 Å². The van der Waals surface area contributed by atoms with Gasteiger partial charge < -0.3 is 5.32 Å². The molecule has 0 aliphatic carbocycles. The number of hydrogen-bond donors (Lipinski definition) is 2. The summed E-state index contributed by atoms with van der Waals surface area (Å²) in [7, 11) is 0. The van der Waals surface area contributed by atoms with Gasteiger partial charge in [-0.25, -0.2) is 4.39 Å². The highest BCUT2D eigenvalue weighted by Crippen LogP contribution is 2.20. The summed E-state index contributed by atoms with van der Waals surface area (Å²) in [6, 6.07) is 5.75. The SMILES string of the molecule is O=C1CCC(C(=O)Nc2nnc(Cc3cccc(F)c3)s2)N1. The van der Waals surface area contributed by atoms with Crippen molar-refractivity contribution in [1.29, 1.82) is 0 Å². The molecular formula is C14H13FN4O2S. The summed E-state index contributed by atoms with van der Waals surface area (Å²) in [5, 5.41) is 14.2. The highest BCUT2D eigenvalue weighted by atomic mass is 32.1. The van der Waals surface area contributed by atoms with Crippen molar-refractivity contribution < 1.29 is 14.0 Å². The van der Waals surface area contributed by atoms with Crippen LogP contribution in [0.3, 0.4) is 0 Å².